The molecule has 0 saturated carbocycles. The number of hydrogen-bond acceptors (Lipinski definition) is 4. The molecule has 1 aliphatic rings. The lowest BCUT2D eigenvalue weighted by Gasteiger charge is -2.26. The second-order valence-corrected chi connectivity index (χ2v) is 8.42. The Morgan fingerprint density at radius 3 is 2.86 bits per heavy atom. The Morgan fingerprint density at radius 1 is 1.38 bits per heavy atom. The van der Waals surface area contributed by atoms with Gasteiger partial charge in [-0.15, -0.1) is 11.3 Å². The Morgan fingerprint density at radius 2 is 2.14 bits per heavy atom. The summed E-state index contributed by atoms with van der Waals surface area (Å²) in [5, 5.41) is 2.42. The molecule has 1 aromatic carbocycles. The average molecular weight is 343 g/mol. The van der Waals surface area contributed by atoms with Gasteiger partial charge in [-0.1, -0.05) is 11.6 Å². The Hall–Kier alpha value is -1.08. The summed E-state index contributed by atoms with van der Waals surface area (Å²) in [6.07, 6.45) is 0.758. The van der Waals surface area contributed by atoms with Gasteiger partial charge in [0, 0.05) is 18.0 Å². The molecular weight excluding hydrogens is 328 g/mol. The second-order valence-electron chi connectivity index (χ2n) is 5.10. The van der Waals surface area contributed by atoms with E-state index in [1.807, 2.05) is 11.4 Å². The van der Waals surface area contributed by atoms with Gasteiger partial charge >= 0.3 is 0 Å². The first-order valence-corrected chi connectivity index (χ1v) is 9.20. The fraction of sp³-hybridized carbons (Fsp3) is 0.286. The minimum atomic E-state index is -3.55. The monoisotopic (exact) mass is 342 g/mol. The molecule has 2 aromatic rings. The maximum absolute atomic E-state index is 12.8. The zero-order valence-corrected chi connectivity index (χ0v) is 13.9. The van der Waals surface area contributed by atoms with Crippen molar-refractivity contribution in [3.8, 4) is 0 Å². The number of rotatable bonds is 2. The largest absolute Gasteiger partial charge is 0.397 e. The highest BCUT2D eigenvalue weighted by atomic mass is 35.5. The van der Waals surface area contributed by atoms with Crippen LogP contribution in [0.3, 0.4) is 0 Å². The molecule has 21 heavy (non-hydrogen) atoms. The number of aryl methyl sites for hydroxylation is 1. The molecule has 7 heteroatoms. The third kappa shape index (κ3) is 2.57. The van der Waals surface area contributed by atoms with Gasteiger partial charge in [-0.25, -0.2) is 8.42 Å². The summed E-state index contributed by atoms with van der Waals surface area (Å²) in [6, 6.07) is 5.01. The van der Waals surface area contributed by atoms with E-state index in [9.17, 15) is 8.42 Å². The summed E-state index contributed by atoms with van der Waals surface area (Å²) in [5.74, 6) is 0. The van der Waals surface area contributed by atoms with Crippen molar-refractivity contribution in [2.75, 3.05) is 12.3 Å². The molecule has 0 amide bonds. The highest BCUT2D eigenvalue weighted by Gasteiger charge is 2.29. The third-order valence-electron chi connectivity index (χ3n) is 3.67. The molecular formula is C14H15ClN2O2S2. The molecule has 0 aliphatic carbocycles. The normalized spacial score (nSPS) is 15.9. The zero-order valence-electron chi connectivity index (χ0n) is 11.5. The number of fused-ring (bicyclic) bond motifs is 1. The molecule has 1 aliphatic heterocycles. The van der Waals surface area contributed by atoms with E-state index in [1.165, 1.54) is 15.2 Å². The van der Waals surface area contributed by atoms with E-state index in [4.69, 9.17) is 17.3 Å². The van der Waals surface area contributed by atoms with Crippen LogP contribution in [0.4, 0.5) is 5.69 Å². The SMILES string of the molecule is Cc1cc(S(=O)(=O)N2CCc3sccc3C2)cc(N)c1Cl. The summed E-state index contributed by atoms with van der Waals surface area (Å²) in [6.45, 7) is 2.67. The number of nitrogens with zero attached hydrogens (tertiary/aromatic N) is 1. The molecule has 0 saturated heterocycles. The molecule has 0 atom stereocenters. The number of halogens is 1. The predicted molar refractivity (Wildman–Crippen MR) is 86.2 cm³/mol. The first-order valence-electron chi connectivity index (χ1n) is 6.50. The Balaban J connectivity index is 1.98. The van der Waals surface area contributed by atoms with E-state index in [2.05, 4.69) is 0 Å². The van der Waals surface area contributed by atoms with Crippen molar-refractivity contribution in [2.45, 2.75) is 24.8 Å². The molecule has 1 aromatic heterocycles. The number of nitrogens with two attached hydrogens (primary N) is 1. The molecule has 2 N–H and O–H groups in total. The minimum absolute atomic E-state index is 0.209. The van der Waals surface area contributed by atoms with Crippen LogP contribution in [0.2, 0.25) is 5.02 Å². The van der Waals surface area contributed by atoms with Gasteiger partial charge in [-0.3, -0.25) is 0 Å². The smallest absolute Gasteiger partial charge is 0.243 e. The molecule has 0 bridgehead atoms. The molecule has 0 spiro atoms. The Kier molecular flexibility index (Phi) is 3.73. The van der Waals surface area contributed by atoms with Crippen molar-refractivity contribution < 1.29 is 8.42 Å². The van der Waals surface area contributed by atoms with Gasteiger partial charge in [0.25, 0.3) is 0 Å². The van der Waals surface area contributed by atoms with E-state index in [1.54, 1.807) is 24.3 Å². The van der Waals surface area contributed by atoms with Crippen LogP contribution >= 0.6 is 22.9 Å². The average Bonchev–Trinajstić information content (AvgIpc) is 2.91. The van der Waals surface area contributed by atoms with Gasteiger partial charge in [0.15, 0.2) is 0 Å². The van der Waals surface area contributed by atoms with Crippen LogP contribution in [0.1, 0.15) is 16.0 Å². The summed E-state index contributed by atoms with van der Waals surface area (Å²) >= 11 is 7.69. The topological polar surface area (TPSA) is 63.4 Å². The van der Waals surface area contributed by atoms with Gasteiger partial charge in [-0.05, 0) is 48.1 Å². The number of benzene rings is 1. The molecule has 4 nitrogen and oxygen atoms in total. The van der Waals surface area contributed by atoms with Crippen LogP contribution in [0, 0.1) is 6.92 Å². The molecule has 0 unspecified atom stereocenters. The van der Waals surface area contributed by atoms with Crippen LogP contribution in [0.15, 0.2) is 28.5 Å². The van der Waals surface area contributed by atoms with Crippen LogP contribution in [-0.2, 0) is 23.0 Å². The van der Waals surface area contributed by atoms with Crippen LogP contribution < -0.4 is 5.73 Å². The first-order chi connectivity index (χ1) is 9.89. The highest BCUT2D eigenvalue weighted by Crippen LogP contribution is 2.31. The van der Waals surface area contributed by atoms with Gasteiger partial charge < -0.3 is 5.73 Å². The van der Waals surface area contributed by atoms with Gasteiger partial charge in [-0.2, -0.15) is 4.31 Å². The van der Waals surface area contributed by atoms with Crippen molar-refractivity contribution in [1.82, 2.24) is 4.31 Å². The van der Waals surface area contributed by atoms with Gasteiger partial charge in [0.2, 0.25) is 10.0 Å². The maximum atomic E-state index is 12.8. The lowest BCUT2D eigenvalue weighted by atomic mass is 10.1. The summed E-state index contributed by atoms with van der Waals surface area (Å²) in [7, 11) is -3.55. The van der Waals surface area contributed by atoms with E-state index in [-0.39, 0.29) is 4.90 Å². The third-order valence-corrected chi connectivity index (χ3v) is 7.03. The second kappa shape index (κ2) is 5.28. The van der Waals surface area contributed by atoms with Crippen LogP contribution in [0.5, 0.6) is 0 Å². The minimum Gasteiger partial charge on any atom is -0.397 e. The van der Waals surface area contributed by atoms with E-state index < -0.39 is 10.0 Å². The quantitative estimate of drug-likeness (QED) is 0.853. The summed E-state index contributed by atoms with van der Waals surface area (Å²) in [5.41, 5.74) is 7.85. The number of hydrogen-bond donors (Lipinski definition) is 1. The summed E-state index contributed by atoms with van der Waals surface area (Å²) < 4.78 is 27.0. The highest BCUT2D eigenvalue weighted by molar-refractivity contribution is 7.89. The van der Waals surface area contributed by atoms with Crippen molar-refractivity contribution in [3.05, 3.63) is 44.6 Å². The van der Waals surface area contributed by atoms with E-state index in [0.717, 1.165) is 12.0 Å². The predicted octanol–water partition coefficient (Wildman–Crippen LogP) is 3.04. The number of thiophene rings is 1. The van der Waals surface area contributed by atoms with Gasteiger partial charge in [0.05, 0.1) is 15.6 Å². The lowest BCUT2D eigenvalue weighted by molar-refractivity contribution is 0.394. The Bertz CT molecular complexity index is 776. The number of sulfonamides is 1. The fourth-order valence-electron chi connectivity index (χ4n) is 2.49. The Labute approximate surface area is 133 Å². The van der Waals surface area contributed by atoms with E-state index in [0.29, 0.717) is 29.4 Å². The molecule has 0 radical (unpaired) electrons. The van der Waals surface area contributed by atoms with Crippen LogP contribution in [-0.4, -0.2) is 19.3 Å². The fourth-order valence-corrected chi connectivity index (χ4v) is 5.03. The zero-order chi connectivity index (χ0) is 15.2. The van der Waals surface area contributed by atoms with Crippen molar-refractivity contribution >= 4 is 38.6 Å². The number of anilines is 1. The maximum Gasteiger partial charge on any atom is 0.243 e. The molecule has 2 heterocycles. The lowest BCUT2D eigenvalue weighted by Crippen LogP contribution is -2.35. The first kappa shape index (κ1) is 14.8. The van der Waals surface area contributed by atoms with E-state index >= 15 is 0 Å². The van der Waals surface area contributed by atoms with Gasteiger partial charge in [0.1, 0.15) is 0 Å². The molecule has 0 fully saturated rings. The number of nitrogen functional groups attached to an aromatic ring is 1. The molecule has 112 valence electrons. The van der Waals surface area contributed by atoms with Crippen LogP contribution in [0.25, 0.3) is 0 Å². The summed E-state index contributed by atoms with van der Waals surface area (Å²) in [4.78, 5) is 1.48. The van der Waals surface area contributed by atoms with Crippen molar-refractivity contribution in [1.29, 1.82) is 0 Å². The standard InChI is InChI=1S/C14H15ClN2O2S2/c1-9-6-11(7-12(16)14(9)15)21(18,19)17-4-2-13-10(8-17)3-5-20-13/h3,5-7H,2,4,8,16H2,1H3. The van der Waals surface area contributed by atoms with Crippen molar-refractivity contribution in [3.63, 3.8) is 0 Å². The molecule has 3 rings (SSSR count). The van der Waals surface area contributed by atoms with Crippen molar-refractivity contribution in [2.24, 2.45) is 0 Å².